The van der Waals surface area contributed by atoms with Crippen LogP contribution in [-0.4, -0.2) is 9.55 Å². The molecule has 0 bridgehead atoms. The molecule has 0 spiro atoms. The molecule has 7 rings (SSSR count). The molecule has 7 aromatic rings. The Balaban J connectivity index is 1.57. The lowest BCUT2D eigenvalue weighted by Gasteiger charge is -2.18. The molecule has 0 saturated carbocycles. The minimum absolute atomic E-state index is 0.128. The van der Waals surface area contributed by atoms with E-state index in [2.05, 4.69) is 11.1 Å². The van der Waals surface area contributed by atoms with Crippen LogP contribution in [0.25, 0.3) is 60.9 Å². The molecule has 0 fully saturated rings. The highest BCUT2D eigenvalue weighted by Crippen LogP contribution is 2.42. The summed E-state index contributed by atoms with van der Waals surface area (Å²) in [5.74, 6) is 0. The number of fused-ring (bicyclic) bond motifs is 3. The Morgan fingerprint density at radius 2 is 1.15 bits per heavy atom. The van der Waals surface area contributed by atoms with Crippen LogP contribution in [0.15, 0.2) is 128 Å². The Kier molecular flexibility index (Phi) is 7.09. The van der Waals surface area contributed by atoms with Gasteiger partial charge < -0.3 is 4.57 Å². The fourth-order valence-electron chi connectivity index (χ4n) is 6.02. The summed E-state index contributed by atoms with van der Waals surface area (Å²) >= 11 is 0. The molecule has 2 aromatic heterocycles. The minimum Gasteiger partial charge on any atom is -0.309 e. The summed E-state index contributed by atoms with van der Waals surface area (Å²) in [5.41, 5.74) is 2.54. The maximum atomic E-state index is 13.8. The SMILES string of the molecule is N#Cc1cc(-c2ccccc2)c(-n2c3ccccc3c3ccc(-c4cc(C(F)(F)F)cc(C(F)(F)F)c4)cc32)cc1-c1ccncc1. The van der Waals surface area contributed by atoms with Gasteiger partial charge in [-0.25, -0.2) is 0 Å². The highest BCUT2D eigenvalue weighted by Gasteiger charge is 2.37. The number of hydrogen-bond donors (Lipinski definition) is 0. The van der Waals surface area contributed by atoms with Crippen molar-refractivity contribution >= 4 is 21.8 Å². The lowest BCUT2D eigenvalue weighted by Crippen LogP contribution is -2.11. The number of benzene rings is 5. The van der Waals surface area contributed by atoms with E-state index in [1.807, 2.05) is 65.2 Å². The topological polar surface area (TPSA) is 41.6 Å². The van der Waals surface area contributed by atoms with Crippen molar-refractivity contribution in [2.75, 3.05) is 0 Å². The molecular weight excluding hydrogens is 612 g/mol. The van der Waals surface area contributed by atoms with Gasteiger partial charge in [-0.1, -0.05) is 60.7 Å². The molecule has 0 unspecified atom stereocenters. The van der Waals surface area contributed by atoms with Gasteiger partial charge in [0.05, 0.1) is 39.5 Å². The number of rotatable bonds is 4. The second kappa shape index (κ2) is 11.2. The Bertz CT molecular complexity index is 2300. The fraction of sp³-hybridized carbons (Fsp3) is 0.0526. The number of halogens is 6. The van der Waals surface area contributed by atoms with Crippen LogP contribution >= 0.6 is 0 Å². The molecular formula is C38H21F6N3. The fourth-order valence-corrected chi connectivity index (χ4v) is 6.02. The number of nitrogens with zero attached hydrogens (tertiary/aromatic N) is 3. The zero-order valence-corrected chi connectivity index (χ0v) is 24.2. The van der Waals surface area contributed by atoms with Crippen LogP contribution in [0.1, 0.15) is 16.7 Å². The number of hydrogen-bond acceptors (Lipinski definition) is 2. The van der Waals surface area contributed by atoms with Crippen molar-refractivity contribution in [3.63, 3.8) is 0 Å². The molecule has 9 heteroatoms. The zero-order chi connectivity index (χ0) is 32.9. The molecule has 0 saturated heterocycles. The van der Waals surface area contributed by atoms with E-state index in [4.69, 9.17) is 0 Å². The van der Waals surface area contributed by atoms with Gasteiger partial charge in [0.15, 0.2) is 0 Å². The average Bonchev–Trinajstić information content (AvgIpc) is 3.41. The first kappa shape index (κ1) is 29.8. The average molecular weight is 634 g/mol. The number of alkyl halides is 6. The van der Waals surface area contributed by atoms with Crippen LogP contribution in [0, 0.1) is 11.3 Å². The molecule has 0 N–H and O–H groups in total. The van der Waals surface area contributed by atoms with Crippen LogP contribution in [0.4, 0.5) is 26.3 Å². The summed E-state index contributed by atoms with van der Waals surface area (Å²) in [6.45, 7) is 0. The molecule has 0 amide bonds. The highest BCUT2D eigenvalue weighted by molar-refractivity contribution is 6.11. The largest absolute Gasteiger partial charge is 0.416 e. The van der Waals surface area contributed by atoms with Gasteiger partial charge >= 0.3 is 12.4 Å². The van der Waals surface area contributed by atoms with E-state index in [9.17, 15) is 31.6 Å². The maximum Gasteiger partial charge on any atom is 0.416 e. The van der Waals surface area contributed by atoms with Crippen LogP contribution in [0.2, 0.25) is 0 Å². The first-order valence-corrected chi connectivity index (χ1v) is 14.4. The lowest BCUT2D eigenvalue weighted by atomic mass is 9.93. The van der Waals surface area contributed by atoms with Crippen LogP contribution < -0.4 is 0 Å². The van der Waals surface area contributed by atoms with Gasteiger partial charge in [-0.2, -0.15) is 31.6 Å². The van der Waals surface area contributed by atoms with Gasteiger partial charge in [0.2, 0.25) is 0 Å². The lowest BCUT2D eigenvalue weighted by molar-refractivity contribution is -0.143. The third-order valence-electron chi connectivity index (χ3n) is 8.17. The Labute approximate surface area is 264 Å². The molecule has 47 heavy (non-hydrogen) atoms. The molecule has 5 aromatic carbocycles. The quantitative estimate of drug-likeness (QED) is 0.181. The number of nitriles is 1. The van der Waals surface area contributed by atoms with E-state index in [0.717, 1.165) is 39.5 Å². The first-order valence-electron chi connectivity index (χ1n) is 14.4. The van der Waals surface area contributed by atoms with E-state index < -0.39 is 23.5 Å². The van der Waals surface area contributed by atoms with Crippen molar-refractivity contribution in [3.8, 4) is 45.1 Å². The van der Waals surface area contributed by atoms with Gasteiger partial charge in [-0.15, -0.1) is 0 Å². The van der Waals surface area contributed by atoms with Crippen molar-refractivity contribution in [2.45, 2.75) is 12.4 Å². The smallest absolute Gasteiger partial charge is 0.309 e. The standard InChI is InChI=1S/C38H21F6N3/c39-37(40,41)28-16-26(17-29(20-28)38(42,43)44)25-10-11-31-30-8-4-5-9-34(30)47(35(31)19-25)36-21-32(24-12-14-46-15-13-24)27(22-45)18-33(36)23-6-2-1-3-7-23/h1-21H. The second-order valence-electron chi connectivity index (χ2n) is 11.0. The molecule has 0 radical (unpaired) electrons. The summed E-state index contributed by atoms with van der Waals surface area (Å²) in [4.78, 5) is 4.10. The second-order valence-corrected chi connectivity index (χ2v) is 11.0. The van der Waals surface area contributed by atoms with Gasteiger partial charge in [-0.3, -0.25) is 4.98 Å². The predicted molar refractivity (Wildman–Crippen MR) is 170 cm³/mol. The summed E-state index contributed by atoms with van der Waals surface area (Å²) < 4.78 is 84.6. The van der Waals surface area contributed by atoms with Crippen molar-refractivity contribution in [1.29, 1.82) is 5.26 Å². The van der Waals surface area contributed by atoms with Crippen LogP contribution in [0.5, 0.6) is 0 Å². The number of aromatic nitrogens is 2. The van der Waals surface area contributed by atoms with Gasteiger partial charge in [0.25, 0.3) is 0 Å². The van der Waals surface area contributed by atoms with E-state index >= 15 is 0 Å². The normalized spacial score (nSPS) is 12.0. The van der Waals surface area contributed by atoms with Crippen molar-refractivity contribution in [1.82, 2.24) is 9.55 Å². The van der Waals surface area contributed by atoms with E-state index in [0.29, 0.717) is 27.9 Å². The van der Waals surface area contributed by atoms with Gasteiger partial charge in [-0.05, 0) is 76.9 Å². The monoisotopic (exact) mass is 633 g/mol. The third-order valence-corrected chi connectivity index (χ3v) is 8.17. The van der Waals surface area contributed by atoms with Gasteiger partial charge in [0.1, 0.15) is 0 Å². The van der Waals surface area contributed by atoms with Crippen molar-refractivity contribution in [3.05, 3.63) is 144 Å². The summed E-state index contributed by atoms with van der Waals surface area (Å²) in [7, 11) is 0. The Morgan fingerprint density at radius 3 is 1.81 bits per heavy atom. The van der Waals surface area contributed by atoms with E-state index in [1.165, 1.54) is 6.07 Å². The zero-order valence-electron chi connectivity index (χ0n) is 24.2. The summed E-state index contributed by atoms with van der Waals surface area (Å²) in [6, 6.07) is 33.0. The highest BCUT2D eigenvalue weighted by atomic mass is 19.4. The predicted octanol–water partition coefficient (Wildman–Crippen LogP) is 11.1. The van der Waals surface area contributed by atoms with Crippen LogP contribution in [0.3, 0.4) is 0 Å². The molecule has 230 valence electrons. The first-order chi connectivity index (χ1) is 22.5. The third kappa shape index (κ3) is 5.38. The van der Waals surface area contributed by atoms with E-state index in [-0.39, 0.29) is 17.2 Å². The summed E-state index contributed by atoms with van der Waals surface area (Å²) in [6.07, 6.45) is -6.71. The van der Waals surface area contributed by atoms with Gasteiger partial charge in [0, 0.05) is 34.3 Å². The van der Waals surface area contributed by atoms with Crippen molar-refractivity contribution < 1.29 is 26.3 Å². The Morgan fingerprint density at radius 1 is 0.532 bits per heavy atom. The molecule has 0 aliphatic heterocycles. The number of para-hydroxylation sites is 1. The number of pyridine rings is 1. The molecule has 0 atom stereocenters. The minimum atomic E-state index is -4.98. The summed E-state index contributed by atoms with van der Waals surface area (Å²) in [5, 5.41) is 11.8. The van der Waals surface area contributed by atoms with Crippen molar-refractivity contribution in [2.24, 2.45) is 0 Å². The molecule has 0 aliphatic carbocycles. The van der Waals surface area contributed by atoms with E-state index in [1.54, 1.807) is 42.7 Å². The maximum absolute atomic E-state index is 13.8. The van der Waals surface area contributed by atoms with Crippen LogP contribution in [-0.2, 0) is 12.4 Å². The Hall–Kier alpha value is -5.88. The molecule has 0 aliphatic rings. The molecule has 3 nitrogen and oxygen atoms in total. The molecule has 2 heterocycles.